The number of benzene rings is 1. The molecule has 0 bridgehead atoms. The molecule has 0 amide bonds. The van der Waals surface area contributed by atoms with E-state index in [9.17, 15) is 5.11 Å². The molecular formula is C17H28N2O. The Morgan fingerprint density at radius 3 is 2.40 bits per heavy atom. The molecule has 0 spiro atoms. The normalized spacial score (nSPS) is 19.1. The molecule has 20 heavy (non-hydrogen) atoms. The highest BCUT2D eigenvalue weighted by Gasteiger charge is 2.15. The average Bonchev–Trinajstić information content (AvgIpc) is 2.90. The van der Waals surface area contributed by atoms with Gasteiger partial charge in [-0.05, 0) is 70.3 Å². The Bertz CT molecular complexity index is 384. The minimum Gasteiger partial charge on any atom is -0.508 e. The smallest absolute Gasteiger partial charge is 0.115 e. The van der Waals surface area contributed by atoms with Gasteiger partial charge >= 0.3 is 0 Å². The first kappa shape index (κ1) is 15.3. The molecule has 2 unspecified atom stereocenters. The maximum atomic E-state index is 9.27. The van der Waals surface area contributed by atoms with E-state index in [2.05, 4.69) is 24.1 Å². The largest absolute Gasteiger partial charge is 0.508 e. The number of likely N-dealkylation sites (tertiary alicyclic amines) is 1. The Kier molecular flexibility index (Phi) is 5.86. The Balaban J connectivity index is 1.66. The number of hydrogen-bond acceptors (Lipinski definition) is 3. The van der Waals surface area contributed by atoms with Crippen molar-refractivity contribution in [1.29, 1.82) is 0 Å². The molecule has 0 aromatic heterocycles. The van der Waals surface area contributed by atoms with Crippen molar-refractivity contribution in [1.82, 2.24) is 10.2 Å². The van der Waals surface area contributed by atoms with Crippen LogP contribution in [0.2, 0.25) is 0 Å². The van der Waals surface area contributed by atoms with Crippen LogP contribution in [0.15, 0.2) is 24.3 Å². The first-order valence-corrected chi connectivity index (χ1v) is 7.90. The van der Waals surface area contributed by atoms with Crippen molar-refractivity contribution < 1.29 is 5.11 Å². The van der Waals surface area contributed by atoms with E-state index in [0.29, 0.717) is 17.8 Å². The van der Waals surface area contributed by atoms with E-state index in [-0.39, 0.29) is 0 Å². The summed E-state index contributed by atoms with van der Waals surface area (Å²) in [4.78, 5) is 2.56. The Morgan fingerprint density at radius 2 is 1.75 bits per heavy atom. The molecule has 1 aliphatic rings. The lowest BCUT2D eigenvalue weighted by atomic mass is 10.1. The van der Waals surface area contributed by atoms with Gasteiger partial charge in [-0.1, -0.05) is 12.1 Å². The molecule has 2 N–H and O–H groups in total. The number of aryl methyl sites for hydroxylation is 1. The van der Waals surface area contributed by atoms with Gasteiger partial charge in [-0.25, -0.2) is 0 Å². The summed E-state index contributed by atoms with van der Waals surface area (Å²) in [7, 11) is 0. The van der Waals surface area contributed by atoms with Crippen molar-refractivity contribution in [2.45, 2.75) is 51.6 Å². The van der Waals surface area contributed by atoms with Crippen LogP contribution >= 0.6 is 0 Å². The van der Waals surface area contributed by atoms with Crippen molar-refractivity contribution in [3.05, 3.63) is 29.8 Å². The summed E-state index contributed by atoms with van der Waals surface area (Å²) in [5.41, 5.74) is 1.30. The van der Waals surface area contributed by atoms with Crippen molar-refractivity contribution in [2.24, 2.45) is 0 Å². The summed E-state index contributed by atoms with van der Waals surface area (Å²) in [6.45, 7) is 8.27. The lowest BCUT2D eigenvalue weighted by Gasteiger charge is -2.24. The number of phenols is 1. The highest BCUT2D eigenvalue weighted by molar-refractivity contribution is 5.25. The molecule has 1 fully saturated rings. The van der Waals surface area contributed by atoms with Gasteiger partial charge < -0.3 is 15.3 Å². The fraction of sp³-hybridized carbons (Fsp3) is 0.647. The maximum Gasteiger partial charge on any atom is 0.115 e. The van der Waals surface area contributed by atoms with Gasteiger partial charge in [-0.3, -0.25) is 0 Å². The number of hydrogen-bond donors (Lipinski definition) is 2. The highest BCUT2D eigenvalue weighted by Crippen LogP contribution is 2.12. The van der Waals surface area contributed by atoms with Crippen LogP contribution in [0.3, 0.4) is 0 Å². The molecule has 2 atom stereocenters. The molecule has 0 aliphatic carbocycles. The zero-order valence-corrected chi connectivity index (χ0v) is 12.8. The van der Waals surface area contributed by atoms with Crippen LogP contribution < -0.4 is 5.32 Å². The van der Waals surface area contributed by atoms with E-state index in [1.165, 1.54) is 38.0 Å². The molecule has 3 nitrogen and oxygen atoms in total. The van der Waals surface area contributed by atoms with Crippen LogP contribution in [-0.2, 0) is 6.42 Å². The fourth-order valence-electron chi connectivity index (χ4n) is 3.02. The van der Waals surface area contributed by atoms with E-state index in [4.69, 9.17) is 0 Å². The van der Waals surface area contributed by atoms with Gasteiger partial charge in [0.1, 0.15) is 5.75 Å². The molecule has 1 saturated heterocycles. The molecule has 112 valence electrons. The third kappa shape index (κ3) is 5.14. The molecular weight excluding hydrogens is 248 g/mol. The fourth-order valence-corrected chi connectivity index (χ4v) is 3.02. The molecule has 3 heteroatoms. The van der Waals surface area contributed by atoms with Crippen molar-refractivity contribution in [3.8, 4) is 5.75 Å². The molecule has 1 aliphatic heterocycles. The summed E-state index contributed by atoms with van der Waals surface area (Å²) >= 11 is 0. The zero-order valence-electron chi connectivity index (χ0n) is 12.8. The first-order chi connectivity index (χ1) is 9.63. The Hall–Kier alpha value is -1.06. The van der Waals surface area contributed by atoms with Crippen LogP contribution in [0.25, 0.3) is 0 Å². The topological polar surface area (TPSA) is 35.5 Å². The molecule has 1 aromatic rings. The number of rotatable bonds is 7. The number of aromatic hydroxyl groups is 1. The van der Waals surface area contributed by atoms with Gasteiger partial charge in [-0.2, -0.15) is 0 Å². The van der Waals surface area contributed by atoms with Crippen molar-refractivity contribution >= 4 is 0 Å². The van der Waals surface area contributed by atoms with Crippen molar-refractivity contribution in [3.63, 3.8) is 0 Å². The minimum atomic E-state index is 0.346. The van der Waals surface area contributed by atoms with Gasteiger partial charge in [0.2, 0.25) is 0 Å². The molecule has 2 rings (SSSR count). The third-order valence-electron chi connectivity index (χ3n) is 4.10. The second kappa shape index (κ2) is 7.65. The first-order valence-electron chi connectivity index (χ1n) is 7.90. The Morgan fingerprint density at radius 1 is 1.10 bits per heavy atom. The van der Waals surface area contributed by atoms with E-state index in [1.54, 1.807) is 12.1 Å². The number of nitrogens with one attached hydrogen (secondary N) is 1. The lowest BCUT2D eigenvalue weighted by Crippen LogP contribution is -2.42. The number of phenolic OH excluding ortho intramolecular Hbond substituents is 1. The predicted octanol–water partition coefficient (Wildman–Crippen LogP) is 2.79. The van der Waals surface area contributed by atoms with E-state index < -0.39 is 0 Å². The van der Waals surface area contributed by atoms with Crippen LogP contribution in [0.4, 0.5) is 0 Å². The van der Waals surface area contributed by atoms with Gasteiger partial charge in [0, 0.05) is 18.6 Å². The molecule has 0 saturated carbocycles. The van der Waals surface area contributed by atoms with Gasteiger partial charge in [0.15, 0.2) is 0 Å². The van der Waals surface area contributed by atoms with Crippen molar-refractivity contribution in [2.75, 3.05) is 19.6 Å². The highest BCUT2D eigenvalue weighted by atomic mass is 16.3. The quantitative estimate of drug-likeness (QED) is 0.804. The van der Waals surface area contributed by atoms with Gasteiger partial charge in [-0.15, -0.1) is 0 Å². The standard InChI is InChI=1S/C17H28N2O/c1-14(5-6-16-7-9-17(20)10-8-16)18-15(2)13-19-11-3-4-12-19/h7-10,14-15,18,20H,3-6,11-13H2,1-2H3. The maximum absolute atomic E-state index is 9.27. The second-order valence-corrected chi connectivity index (χ2v) is 6.18. The summed E-state index contributed by atoms with van der Waals surface area (Å²) in [5.74, 6) is 0.346. The van der Waals surface area contributed by atoms with Crippen LogP contribution in [-0.4, -0.2) is 41.7 Å². The zero-order chi connectivity index (χ0) is 14.4. The molecule has 1 heterocycles. The minimum absolute atomic E-state index is 0.346. The van der Waals surface area contributed by atoms with E-state index in [1.807, 2.05) is 12.1 Å². The predicted molar refractivity (Wildman–Crippen MR) is 84.2 cm³/mol. The van der Waals surface area contributed by atoms with Gasteiger partial charge in [0.25, 0.3) is 0 Å². The van der Waals surface area contributed by atoms with Crippen LogP contribution in [0, 0.1) is 0 Å². The summed E-state index contributed by atoms with van der Waals surface area (Å²) in [6, 6.07) is 8.64. The van der Waals surface area contributed by atoms with E-state index in [0.717, 1.165) is 12.8 Å². The van der Waals surface area contributed by atoms with Gasteiger partial charge in [0.05, 0.1) is 0 Å². The Labute approximate surface area is 123 Å². The van der Waals surface area contributed by atoms with E-state index >= 15 is 0 Å². The summed E-state index contributed by atoms with van der Waals surface area (Å²) in [5, 5.41) is 13.0. The number of nitrogens with zero attached hydrogens (tertiary/aromatic N) is 1. The SMILES string of the molecule is CC(CCc1ccc(O)cc1)NC(C)CN1CCCC1. The third-order valence-corrected chi connectivity index (χ3v) is 4.10. The molecule has 1 aromatic carbocycles. The van der Waals surface area contributed by atoms with Crippen LogP contribution in [0.5, 0.6) is 5.75 Å². The summed E-state index contributed by atoms with van der Waals surface area (Å²) in [6.07, 6.45) is 4.92. The average molecular weight is 276 g/mol. The second-order valence-electron chi connectivity index (χ2n) is 6.18. The monoisotopic (exact) mass is 276 g/mol. The van der Waals surface area contributed by atoms with Crippen LogP contribution in [0.1, 0.15) is 38.7 Å². The summed E-state index contributed by atoms with van der Waals surface area (Å²) < 4.78 is 0. The lowest BCUT2D eigenvalue weighted by molar-refractivity contribution is 0.286. The molecule has 0 radical (unpaired) electrons.